The number of carbonyl (C=O) groups excluding carboxylic acids is 1. The van der Waals surface area contributed by atoms with Crippen LogP contribution in [0.2, 0.25) is 0 Å². The molecule has 0 radical (unpaired) electrons. The number of thioether (sulfide) groups is 1. The molecule has 1 atom stereocenters. The van der Waals surface area contributed by atoms with Crippen LogP contribution in [0.1, 0.15) is 12.5 Å². The van der Waals surface area contributed by atoms with Crippen molar-refractivity contribution < 1.29 is 9.53 Å². The van der Waals surface area contributed by atoms with Gasteiger partial charge in [0.25, 0.3) is 0 Å². The Morgan fingerprint density at radius 1 is 1.67 bits per heavy atom. The molecule has 0 aliphatic carbocycles. The standard InChI is InChI=1S/C11H15NO2S/c1-9(11(13)14-2)15-7-5-10-4-3-6-12-8-10/h3-4,6,8-9H,5,7H2,1-2H3. The van der Waals surface area contributed by atoms with Gasteiger partial charge in [-0.25, -0.2) is 0 Å². The Labute approximate surface area is 94.2 Å². The molecule has 0 aromatic carbocycles. The van der Waals surface area contributed by atoms with Crippen molar-refractivity contribution in [3.8, 4) is 0 Å². The second kappa shape index (κ2) is 6.45. The first-order valence-corrected chi connectivity index (χ1v) is 5.87. The van der Waals surface area contributed by atoms with Crippen LogP contribution in [-0.4, -0.2) is 29.1 Å². The summed E-state index contributed by atoms with van der Waals surface area (Å²) in [5, 5.41) is -0.0910. The number of pyridine rings is 1. The zero-order valence-electron chi connectivity index (χ0n) is 8.97. The lowest BCUT2D eigenvalue weighted by atomic mass is 10.2. The summed E-state index contributed by atoms with van der Waals surface area (Å²) in [5.41, 5.74) is 1.20. The van der Waals surface area contributed by atoms with Gasteiger partial charge >= 0.3 is 5.97 Å². The van der Waals surface area contributed by atoms with Crippen molar-refractivity contribution in [3.05, 3.63) is 30.1 Å². The van der Waals surface area contributed by atoms with E-state index < -0.39 is 0 Å². The van der Waals surface area contributed by atoms with Gasteiger partial charge in [-0.05, 0) is 30.7 Å². The van der Waals surface area contributed by atoms with E-state index in [0.717, 1.165) is 12.2 Å². The molecule has 0 aliphatic rings. The fraction of sp³-hybridized carbons (Fsp3) is 0.455. The summed E-state index contributed by atoms with van der Waals surface area (Å²) in [6.07, 6.45) is 4.54. The molecule has 1 aromatic rings. The smallest absolute Gasteiger partial charge is 0.318 e. The summed E-state index contributed by atoms with van der Waals surface area (Å²) in [5.74, 6) is 0.744. The molecule has 0 N–H and O–H groups in total. The van der Waals surface area contributed by atoms with Gasteiger partial charge in [0.05, 0.1) is 12.4 Å². The van der Waals surface area contributed by atoms with Crippen LogP contribution in [0.25, 0.3) is 0 Å². The van der Waals surface area contributed by atoms with E-state index >= 15 is 0 Å². The topological polar surface area (TPSA) is 39.2 Å². The monoisotopic (exact) mass is 225 g/mol. The first-order valence-electron chi connectivity index (χ1n) is 4.82. The molecule has 0 bridgehead atoms. The van der Waals surface area contributed by atoms with Crippen molar-refractivity contribution in [3.63, 3.8) is 0 Å². The molecule has 0 amide bonds. The van der Waals surface area contributed by atoms with Gasteiger partial charge in [0, 0.05) is 12.4 Å². The second-order valence-corrected chi connectivity index (χ2v) is 4.60. The molecule has 0 spiro atoms. The minimum atomic E-state index is -0.161. The third-order valence-electron chi connectivity index (χ3n) is 2.01. The highest BCUT2D eigenvalue weighted by atomic mass is 32.2. The van der Waals surface area contributed by atoms with Crippen LogP contribution < -0.4 is 0 Å². The van der Waals surface area contributed by atoms with Crippen LogP contribution in [0.15, 0.2) is 24.5 Å². The van der Waals surface area contributed by atoms with E-state index in [0.29, 0.717) is 0 Å². The number of esters is 1. The number of ether oxygens (including phenoxy) is 1. The van der Waals surface area contributed by atoms with Crippen molar-refractivity contribution in [2.24, 2.45) is 0 Å². The predicted octanol–water partition coefficient (Wildman–Crippen LogP) is 1.92. The number of nitrogens with zero attached hydrogens (tertiary/aromatic N) is 1. The van der Waals surface area contributed by atoms with E-state index in [2.05, 4.69) is 9.72 Å². The fourth-order valence-corrected chi connectivity index (χ4v) is 2.07. The van der Waals surface area contributed by atoms with Gasteiger partial charge in [-0.3, -0.25) is 9.78 Å². The van der Waals surface area contributed by atoms with E-state index in [9.17, 15) is 4.79 Å². The Hall–Kier alpha value is -1.03. The minimum Gasteiger partial charge on any atom is -0.468 e. The molecule has 15 heavy (non-hydrogen) atoms. The second-order valence-electron chi connectivity index (χ2n) is 3.15. The Morgan fingerprint density at radius 2 is 2.47 bits per heavy atom. The lowest BCUT2D eigenvalue weighted by molar-refractivity contribution is -0.139. The highest BCUT2D eigenvalue weighted by Crippen LogP contribution is 2.13. The molecule has 3 nitrogen and oxygen atoms in total. The van der Waals surface area contributed by atoms with Crippen LogP contribution in [-0.2, 0) is 16.0 Å². The molecule has 0 aliphatic heterocycles. The lowest BCUT2D eigenvalue weighted by Gasteiger charge is -2.08. The highest BCUT2D eigenvalue weighted by molar-refractivity contribution is 8.00. The number of aryl methyl sites for hydroxylation is 1. The lowest BCUT2D eigenvalue weighted by Crippen LogP contribution is -2.15. The third kappa shape index (κ3) is 4.34. The minimum absolute atomic E-state index is 0.0910. The maximum Gasteiger partial charge on any atom is 0.318 e. The Morgan fingerprint density at radius 3 is 3.07 bits per heavy atom. The zero-order chi connectivity index (χ0) is 11.1. The summed E-state index contributed by atoms with van der Waals surface area (Å²) in [6.45, 7) is 1.86. The molecule has 1 rings (SSSR count). The van der Waals surface area contributed by atoms with E-state index in [1.54, 1.807) is 18.0 Å². The van der Waals surface area contributed by atoms with Crippen molar-refractivity contribution in [1.29, 1.82) is 0 Å². The number of methoxy groups -OCH3 is 1. The third-order valence-corrected chi connectivity index (χ3v) is 3.15. The van der Waals surface area contributed by atoms with Gasteiger partial charge < -0.3 is 4.74 Å². The van der Waals surface area contributed by atoms with Crippen LogP contribution in [0, 0.1) is 0 Å². The first kappa shape index (κ1) is 12.0. The summed E-state index contributed by atoms with van der Waals surface area (Å²) in [6, 6.07) is 3.96. The molecule has 1 unspecified atom stereocenters. The quantitative estimate of drug-likeness (QED) is 0.718. The maximum atomic E-state index is 11.1. The summed E-state index contributed by atoms with van der Waals surface area (Å²) >= 11 is 1.60. The molecular weight excluding hydrogens is 210 g/mol. The van der Waals surface area contributed by atoms with Gasteiger partial charge in [-0.15, -0.1) is 11.8 Å². The number of carbonyl (C=O) groups is 1. The molecule has 4 heteroatoms. The maximum absolute atomic E-state index is 11.1. The summed E-state index contributed by atoms with van der Waals surface area (Å²) < 4.78 is 4.64. The largest absolute Gasteiger partial charge is 0.468 e. The van der Waals surface area contributed by atoms with Crippen molar-refractivity contribution in [1.82, 2.24) is 4.98 Å². The van der Waals surface area contributed by atoms with E-state index in [1.165, 1.54) is 12.7 Å². The zero-order valence-corrected chi connectivity index (χ0v) is 9.79. The van der Waals surface area contributed by atoms with Crippen molar-refractivity contribution in [2.45, 2.75) is 18.6 Å². The van der Waals surface area contributed by atoms with Crippen LogP contribution in [0.5, 0.6) is 0 Å². The summed E-state index contributed by atoms with van der Waals surface area (Å²) in [7, 11) is 1.42. The molecule has 1 aromatic heterocycles. The number of hydrogen-bond donors (Lipinski definition) is 0. The fourth-order valence-electron chi connectivity index (χ4n) is 1.13. The average molecular weight is 225 g/mol. The van der Waals surface area contributed by atoms with Gasteiger partial charge in [-0.1, -0.05) is 6.07 Å². The Balaban J connectivity index is 2.25. The van der Waals surface area contributed by atoms with E-state index in [1.807, 2.05) is 25.3 Å². The Bertz CT molecular complexity index is 303. The summed E-state index contributed by atoms with van der Waals surface area (Å²) in [4.78, 5) is 15.1. The number of aromatic nitrogens is 1. The normalized spacial score (nSPS) is 12.1. The van der Waals surface area contributed by atoms with E-state index in [4.69, 9.17) is 0 Å². The SMILES string of the molecule is COC(=O)C(C)SCCc1cccnc1. The van der Waals surface area contributed by atoms with Crippen LogP contribution in [0.4, 0.5) is 0 Å². The van der Waals surface area contributed by atoms with Gasteiger partial charge in [-0.2, -0.15) is 0 Å². The van der Waals surface area contributed by atoms with E-state index in [-0.39, 0.29) is 11.2 Å². The average Bonchev–Trinajstić information content (AvgIpc) is 2.29. The number of hydrogen-bond acceptors (Lipinski definition) is 4. The first-order chi connectivity index (χ1) is 7.24. The number of rotatable bonds is 5. The molecule has 82 valence electrons. The molecule has 0 saturated heterocycles. The molecule has 0 saturated carbocycles. The van der Waals surface area contributed by atoms with Crippen molar-refractivity contribution in [2.75, 3.05) is 12.9 Å². The van der Waals surface area contributed by atoms with Gasteiger partial charge in [0.15, 0.2) is 0 Å². The van der Waals surface area contributed by atoms with Crippen molar-refractivity contribution >= 4 is 17.7 Å². The van der Waals surface area contributed by atoms with Crippen LogP contribution >= 0.6 is 11.8 Å². The Kier molecular flexibility index (Phi) is 5.18. The predicted molar refractivity (Wildman–Crippen MR) is 61.9 cm³/mol. The molecule has 1 heterocycles. The van der Waals surface area contributed by atoms with Gasteiger partial charge in [0.1, 0.15) is 0 Å². The van der Waals surface area contributed by atoms with Gasteiger partial charge in [0.2, 0.25) is 0 Å². The molecular formula is C11H15NO2S. The van der Waals surface area contributed by atoms with Crippen LogP contribution in [0.3, 0.4) is 0 Å². The molecule has 0 fully saturated rings. The highest BCUT2D eigenvalue weighted by Gasteiger charge is 2.12.